The van der Waals surface area contributed by atoms with Gasteiger partial charge in [0.2, 0.25) is 0 Å². The third-order valence-corrected chi connectivity index (χ3v) is 5.62. The summed E-state index contributed by atoms with van der Waals surface area (Å²) < 4.78 is 0. The van der Waals surface area contributed by atoms with Crippen molar-refractivity contribution in [2.45, 2.75) is 59.1 Å². The number of hydrogen-bond acceptors (Lipinski definition) is 4. The molecule has 2 aromatic rings. The maximum absolute atomic E-state index is 12.7. The number of nitrogens with one attached hydrogen (secondary N) is 3. The summed E-state index contributed by atoms with van der Waals surface area (Å²) in [7, 11) is -1.52. The average Bonchev–Trinajstić information content (AvgIpc) is 2.74. The number of hydrogen-bond donors (Lipinski definition) is 5. The van der Waals surface area contributed by atoms with E-state index in [1.807, 2.05) is 76.2 Å². The zero-order valence-corrected chi connectivity index (χ0v) is 19.6. The van der Waals surface area contributed by atoms with Gasteiger partial charge < -0.3 is 26.0 Å². The zero-order valence-electron chi connectivity index (χ0n) is 19.6. The lowest BCUT2D eigenvalue weighted by Gasteiger charge is -2.28. The van der Waals surface area contributed by atoms with Crippen molar-refractivity contribution >= 4 is 13.1 Å². The second-order valence-electron chi connectivity index (χ2n) is 8.75. The van der Waals surface area contributed by atoms with Gasteiger partial charge in [-0.25, -0.2) is 4.79 Å². The molecule has 0 aliphatic rings. The Balaban J connectivity index is 2.09. The van der Waals surface area contributed by atoms with E-state index < -0.39 is 19.1 Å². The Morgan fingerprint density at radius 3 is 2.34 bits per heavy atom. The van der Waals surface area contributed by atoms with E-state index in [-0.39, 0.29) is 11.9 Å². The molecule has 0 aliphatic carbocycles. The first kappa shape index (κ1) is 25.5. The first-order chi connectivity index (χ1) is 15.2. The van der Waals surface area contributed by atoms with Crippen LogP contribution in [0.15, 0.2) is 60.8 Å². The summed E-state index contributed by atoms with van der Waals surface area (Å²) in [6.45, 7) is 12.6. The van der Waals surface area contributed by atoms with Crippen LogP contribution in [0.2, 0.25) is 0 Å². The number of carbonyl (C=O) groups excluding carboxylic acids is 1. The lowest BCUT2D eigenvalue weighted by molar-refractivity contribution is 0.237. The molecule has 6 nitrogen and oxygen atoms in total. The summed E-state index contributed by atoms with van der Waals surface area (Å²) in [5.74, 6) is -0.302. The molecule has 2 atom stereocenters. The van der Waals surface area contributed by atoms with Crippen molar-refractivity contribution in [1.82, 2.24) is 16.0 Å². The molecule has 0 radical (unpaired) electrons. The Morgan fingerprint density at radius 1 is 1.03 bits per heavy atom. The molecule has 7 heteroatoms. The molecule has 0 spiro atoms. The average molecular weight is 437 g/mol. The highest BCUT2D eigenvalue weighted by atomic mass is 16.4. The third-order valence-electron chi connectivity index (χ3n) is 5.62. The molecule has 2 rings (SSSR count). The molecule has 172 valence electrons. The van der Waals surface area contributed by atoms with Crippen LogP contribution in [-0.2, 0) is 13.0 Å². The van der Waals surface area contributed by atoms with Gasteiger partial charge in [-0.05, 0) is 54.9 Å². The van der Waals surface area contributed by atoms with E-state index >= 15 is 0 Å². The zero-order chi connectivity index (χ0) is 23.7. The van der Waals surface area contributed by atoms with Crippen molar-refractivity contribution in [1.29, 1.82) is 0 Å². The van der Waals surface area contributed by atoms with Gasteiger partial charge in [0.1, 0.15) is 0 Å². The van der Waals surface area contributed by atoms with Crippen molar-refractivity contribution in [3.8, 4) is 0 Å². The molecule has 5 N–H and O–H groups in total. The largest absolute Gasteiger partial charge is 0.475 e. The summed E-state index contributed by atoms with van der Waals surface area (Å²) >= 11 is 0. The maximum atomic E-state index is 12.7. The predicted octanol–water partition coefficient (Wildman–Crippen LogP) is 3.24. The van der Waals surface area contributed by atoms with Gasteiger partial charge in [-0.15, -0.1) is 0 Å². The molecule has 0 aromatic heterocycles. The number of rotatable bonds is 11. The first-order valence-electron chi connectivity index (χ1n) is 11.1. The fourth-order valence-electron chi connectivity index (χ4n) is 3.60. The van der Waals surface area contributed by atoms with Crippen molar-refractivity contribution in [2.24, 2.45) is 5.92 Å². The molecular formula is C25H36BN3O3. The maximum Gasteiger partial charge on any atom is 0.475 e. The Kier molecular flexibility index (Phi) is 9.81. The Morgan fingerprint density at radius 2 is 1.72 bits per heavy atom. The molecule has 0 saturated carbocycles. The van der Waals surface area contributed by atoms with Crippen LogP contribution in [-0.4, -0.2) is 35.2 Å². The van der Waals surface area contributed by atoms with Crippen LogP contribution in [0.4, 0.5) is 4.79 Å². The van der Waals surface area contributed by atoms with Crippen LogP contribution < -0.4 is 16.0 Å². The van der Waals surface area contributed by atoms with Crippen LogP contribution in [0.1, 0.15) is 42.5 Å². The number of carbonyl (C=O) groups is 1. The molecule has 0 heterocycles. The predicted molar refractivity (Wildman–Crippen MR) is 131 cm³/mol. The van der Waals surface area contributed by atoms with Crippen molar-refractivity contribution in [2.75, 3.05) is 0 Å². The second kappa shape index (κ2) is 12.3. The molecule has 0 saturated heterocycles. The molecular weight excluding hydrogens is 401 g/mol. The van der Waals surface area contributed by atoms with Crippen LogP contribution in [0.5, 0.6) is 0 Å². The Hall–Kier alpha value is -2.77. The van der Waals surface area contributed by atoms with Gasteiger partial charge in [0.15, 0.2) is 0 Å². The molecule has 0 aliphatic heterocycles. The summed E-state index contributed by atoms with van der Waals surface area (Å²) in [6.07, 6.45) is 1.09. The summed E-state index contributed by atoms with van der Waals surface area (Å²) in [6, 6.07) is 15.1. The number of aryl methyl sites for hydroxylation is 1. The smallest absolute Gasteiger partial charge is 0.426 e. The Labute approximate surface area is 192 Å². The van der Waals surface area contributed by atoms with E-state index in [0.717, 1.165) is 16.7 Å². The highest BCUT2D eigenvalue weighted by Crippen LogP contribution is 2.14. The van der Waals surface area contributed by atoms with Crippen molar-refractivity contribution in [3.05, 3.63) is 83.1 Å². The van der Waals surface area contributed by atoms with Gasteiger partial charge in [-0.1, -0.05) is 69.0 Å². The van der Waals surface area contributed by atoms with Gasteiger partial charge in [0.25, 0.3) is 0 Å². The van der Waals surface area contributed by atoms with E-state index in [2.05, 4.69) is 22.5 Å². The summed E-state index contributed by atoms with van der Waals surface area (Å²) in [4.78, 5) is 12.7. The molecule has 32 heavy (non-hydrogen) atoms. The van der Waals surface area contributed by atoms with Crippen LogP contribution in [0.3, 0.4) is 0 Å². The minimum absolute atomic E-state index is 0.267. The fourth-order valence-corrected chi connectivity index (χ4v) is 3.60. The lowest BCUT2D eigenvalue weighted by Crippen LogP contribution is -2.51. The molecule has 0 unspecified atom stereocenters. The quantitative estimate of drug-likeness (QED) is 0.349. The van der Waals surface area contributed by atoms with Crippen LogP contribution in [0.25, 0.3) is 0 Å². The van der Waals surface area contributed by atoms with E-state index in [0.29, 0.717) is 25.1 Å². The SMILES string of the molecule is C=C(N[C@@H](CC(C)C)B(O)O)[C@H](Cc1ccccc1)NC(=O)NCc1cccc(C)c1C. The molecule has 2 aromatic carbocycles. The topological polar surface area (TPSA) is 93.6 Å². The van der Waals surface area contributed by atoms with Gasteiger partial charge in [-0.2, -0.15) is 0 Å². The van der Waals surface area contributed by atoms with E-state index in [4.69, 9.17) is 0 Å². The normalized spacial score (nSPS) is 12.7. The van der Waals surface area contributed by atoms with Crippen LogP contribution >= 0.6 is 0 Å². The molecule has 2 amide bonds. The van der Waals surface area contributed by atoms with Gasteiger partial charge in [0, 0.05) is 12.2 Å². The van der Waals surface area contributed by atoms with E-state index in [1.165, 1.54) is 5.56 Å². The van der Waals surface area contributed by atoms with Crippen molar-refractivity contribution in [3.63, 3.8) is 0 Å². The lowest BCUT2D eigenvalue weighted by atomic mass is 9.74. The fraction of sp³-hybridized carbons (Fsp3) is 0.400. The standard InChI is InChI=1S/C25H36BN3O3/c1-17(2)14-24(26(31)32)28-20(5)23(15-21-11-7-6-8-12-21)29-25(30)27-16-22-13-9-10-18(3)19(22)4/h6-13,17,23-24,28,31-32H,5,14-16H2,1-4H3,(H2,27,29,30)/t23-,24-/m0/s1. The minimum atomic E-state index is -1.52. The summed E-state index contributed by atoms with van der Waals surface area (Å²) in [5, 5.41) is 28.6. The summed E-state index contributed by atoms with van der Waals surface area (Å²) in [5.41, 5.74) is 4.99. The van der Waals surface area contributed by atoms with E-state index in [9.17, 15) is 14.8 Å². The molecule has 0 bridgehead atoms. The molecule has 0 fully saturated rings. The van der Waals surface area contributed by atoms with Gasteiger partial charge in [0.05, 0.1) is 12.0 Å². The third kappa shape index (κ3) is 8.06. The Bertz CT molecular complexity index is 887. The van der Waals surface area contributed by atoms with Gasteiger partial charge >= 0.3 is 13.1 Å². The van der Waals surface area contributed by atoms with Crippen molar-refractivity contribution < 1.29 is 14.8 Å². The van der Waals surface area contributed by atoms with Gasteiger partial charge in [-0.3, -0.25) is 0 Å². The number of urea groups is 1. The first-order valence-corrected chi connectivity index (χ1v) is 11.1. The number of benzene rings is 2. The minimum Gasteiger partial charge on any atom is -0.426 e. The highest BCUT2D eigenvalue weighted by molar-refractivity contribution is 6.43. The number of amides is 2. The second-order valence-corrected chi connectivity index (χ2v) is 8.75. The van der Waals surface area contributed by atoms with E-state index in [1.54, 1.807) is 0 Å². The monoisotopic (exact) mass is 437 g/mol. The van der Waals surface area contributed by atoms with Crippen LogP contribution in [0, 0.1) is 19.8 Å². The highest BCUT2D eigenvalue weighted by Gasteiger charge is 2.27.